The van der Waals surface area contributed by atoms with Crippen LogP contribution < -0.4 is 11.5 Å². The first kappa shape index (κ1) is 15.2. The number of rotatable bonds is 3. The Labute approximate surface area is 137 Å². The second kappa shape index (κ2) is 6.61. The summed E-state index contributed by atoms with van der Waals surface area (Å²) in [5.74, 6) is -0.559. The van der Waals surface area contributed by atoms with E-state index in [9.17, 15) is 4.79 Å². The number of nitrogens with zero attached hydrogens (tertiary/aromatic N) is 5. The van der Waals surface area contributed by atoms with Crippen LogP contribution in [0.4, 0.5) is 5.82 Å². The van der Waals surface area contributed by atoms with Gasteiger partial charge in [-0.05, 0) is 24.3 Å². The van der Waals surface area contributed by atoms with Gasteiger partial charge in [-0.25, -0.2) is 9.97 Å². The van der Waals surface area contributed by atoms with Crippen molar-refractivity contribution in [3.05, 3.63) is 66.5 Å². The van der Waals surface area contributed by atoms with E-state index in [-0.39, 0.29) is 17.3 Å². The Hall–Kier alpha value is -3.68. The summed E-state index contributed by atoms with van der Waals surface area (Å²) in [6.45, 7) is 0. The Morgan fingerprint density at radius 2 is 1.79 bits per heavy atom. The number of hydrogen-bond donors (Lipinski definition) is 2. The highest BCUT2D eigenvalue weighted by atomic mass is 16.1. The zero-order chi connectivity index (χ0) is 16.9. The second-order valence-electron chi connectivity index (χ2n) is 4.77. The standard InChI is InChI=1S/C16H13N7O/c17-14-13(15(18)23-16(24)11-4-2-6-20-8-11)22-12(9-21-14)10-3-1-5-19-7-10/h1-9H,(H2,17,21)(H2,18,23,24). The van der Waals surface area contributed by atoms with Crippen molar-refractivity contribution in [1.29, 1.82) is 0 Å². The van der Waals surface area contributed by atoms with Gasteiger partial charge in [0.05, 0.1) is 17.5 Å². The quantitative estimate of drug-likeness (QED) is 0.544. The third-order valence-electron chi connectivity index (χ3n) is 3.13. The average Bonchev–Trinajstić information content (AvgIpc) is 2.63. The summed E-state index contributed by atoms with van der Waals surface area (Å²) in [5.41, 5.74) is 13.4. The number of aromatic nitrogens is 4. The monoisotopic (exact) mass is 319 g/mol. The van der Waals surface area contributed by atoms with E-state index in [2.05, 4.69) is 24.9 Å². The fourth-order valence-electron chi connectivity index (χ4n) is 1.96. The van der Waals surface area contributed by atoms with Gasteiger partial charge in [-0.2, -0.15) is 4.99 Å². The third-order valence-corrected chi connectivity index (χ3v) is 3.13. The van der Waals surface area contributed by atoms with Crippen molar-refractivity contribution in [2.75, 3.05) is 5.73 Å². The number of aliphatic imine (C=N–C) groups is 1. The minimum absolute atomic E-state index is 0.0860. The fraction of sp³-hybridized carbons (Fsp3) is 0. The van der Waals surface area contributed by atoms with E-state index in [1.165, 1.54) is 12.4 Å². The molecule has 0 bridgehead atoms. The number of pyridine rings is 2. The Morgan fingerprint density at radius 3 is 2.46 bits per heavy atom. The maximum Gasteiger partial charge on any atom is 0.280 e. The van der Waals surface area contributed by atoms with Crippen molar-refractivity contribution >= 4 is 17.6 Å². The number of amides is 1. The number of amidine groups is 1. The summed E-state index contributed by atoms with van der Waals surface area (Å²) < 4.78 is 0. The average molecular weight is 319 g/mol. The summed E-state index contributed by atoms with van der Waals surface area (Å²) >= 11 is 0. The maximum absolute atomic E-state index is 12.1. The molecule has 3 heterocycles. The predicted molar refractivity (Wildman–Crippen MR) is 89.0 cm³/mol. The number of carbonyl (C=O) groups excluding carboxylic acids is 1. The molecule has 4 N–H and O–H groups in total. The molecule has 118 valence electrons. The molecule has 0 aliphatic rings. The number of hydrogen-bond acceptors (Lipinski definition) is 6. The first-order valence-corrected chi connectivity index (χ1v) is 6.97. The van der Waals surface area contributed by atoms with E-state index in [1.54, 1.807) is 36.8 Å². The molecule has 8 nitrogen and oxygen atoms in total. The lowest BCUT2D eigenvalue weighted by Crippen LogP contribution is -2.20. The van der Waals surface area contributed by atoms with Crippen LogP contribution in [0.2, 0.25) is 0 Å². The highest BCUT2D eigenvalue weighted by Crippen LogP contribution is 2.17. The molecule has 8 heteroatoms. The number of anilines is 1. The summed E-state index contributed by atoms with van der Waals surface area (Å²) in [7, 11) is 0. The molecule has 0 aromatic carbocycles. The zero-order valence-electron chi connectivity index (χ0n) is 12.5. The van der Waals surface area contributed by atoms with Gasteiger partial charge >= 0.3 is 0 Å². The predicted octanol–water partition coefficient (Wildman–Crippen LogP) is 1.06. The van der Waals surface area contributed by atoms with Crippen molar-refractivity contribution < 1.29 is 4.79 Å². The fourth-order valence-corrected chi connectivity index (χ4v) is 1.96. The van der Waals surface area contributed by atoms with Gasteiger partial charge in [-0.1, -0.05) is 0 Å². The van der Waals surface area contributed by atoms with Crippen molar-refractivity contribution in [2.24, 2.45) is 10.7 Å². The van der Waals surface area contributed by atoms with Gasteiger partial charge in [0.15, 0.2) is 11.7 Å². The smallest absolute Gasteiger partial charge is 0.280 e. The van der Waals surface area contributed by atoms with Crippen LogP contribution in [-0.2, 0) is 0 Å². The van der Waals surface area contributed by atoms with Gasteiger partial charge in [-0.3, -0.25) is 14.8 Å². The van der Waals surface area contributed by atoms with Crippen LogP contribution in [0, 0.1) is 0 Å². The van der Waals surface area contributed by atoms with Crippen LogP contribution in [0.5, 0.6) is 0 Å². The lowest BCUT2D eigenvalue weighted by molar-refractivity contribution is 0.100. The van der Waals surface area contributed by atoms with E-state index >= 15 is 0 Å². The molecular formula is C16H13N7O. The molecule has 0 saturated carbocycles. The van der Waals surface area contributed by atoms with E-state index < -0.39 is 5.91 Å². The summed E-state index contributed by atoms with van der Waals surface area (Å²) in [6, 6.07) is 6.82. The Bertz CT molecular complexity index is 895. The molecular weight excluding hydrogens is 306 g/mol. The Balaban J connectivity index is 1.96. The third kappa shape index (κ3) is 3.22. The molecule has 0 aliphatic carbocycles. The zero-order valence-corrected chi connectivity index (χ0v) is 12.5. The lowest BCUT2D eigenvalue weighted by Gasteiger charge is -2.06. The summed E-state index contributed by atoms with van der Waals surface area (Å²) in [5, 5.41) is 0. The number of carbonyl (C=O) groups is 1. The minimum Gasteiger partial charge on any atom is -0.382 e. The molecule has 1 amide bonds. The van der Waals surface area contributed by atoms with Gasteiger partial charge in [0.1, 0.15) is 5.69 Å². The van der Waals surface area contributed by atoms with Gasteiger partial charge in [0.2, 0.25) is 0 Å². The Morgan fingerprint density at radius 1 is 1.04 bits per heavy atom. The van der Waals surface area contributed by atoms with Gasteiger partial charge in [0, 0.05) is 30.4 Å². The number of nitrogens with two attached hydrogens (primary N) is 2. The van der Waals surface area contributed by atoms with Gasteiger partial charge in [0.25, 0.3) is 5.91 Å². The molecule has 3 aromatic heterocycles. The molecule has 3 rings (SSSR count). The molecule has 0 atom stereocenters. The lowest BCUT2D eigenvalue weighted by atomic mass is 10.2. The van der Waals surface area contributed by atoms with E-state index in [1.807, 2.05) is 6.07 Å². The minimum atomic E-state index is -0.534. The molecule has 0 unspecified atom stereocenters. The van der Waals surface area contributed by atoms with Crippen LogP contribution in [0.3, 0.4) is 0 Å². The van der Waals surface area contributed by atoms with Gasteiger partial charge in [-0.15, -0.1) is 0 Å². The van der Waals surface area contributed by atoms with Crippen molar-refractivity contribution in [3.63, 3.8) is 0 Å². The highest BCUT2D eigenvalue weighted by Gasteiger charge is 2.13. The van der Waals surface area contributed by atoms with E-state index in [0.29, 0.717) is 11.3 Å². The summed E-state index contributed by atoms with van der Waals surface area (Å²) in [6.07, 6.45) is 7.76. The van der Waals surface area contributed by atoms with Crippen molar-refractivity contribution in [2.45, 2.75) is 0 Å². The van der Waals surface area contributed by atoms with Crippen LogP contribution in [0.1, 0.15) is 16.1 Å². The molecule has 0 radical (unpaired) electrons. The van der Waals surface area contributed by atoms with Crippen LogP contribution in [0.25, 0.3) is 11.3 Å². The molecule has 24 heavy (non-hydrogen) atoms. The first-order valence-electron chi connectivity index (χ1n) is 6.97. The van der Waals surface area contributed by atoms with Crippen LogP contribution in [0.15, 0.2) is 60.2 Å². The summed E-state index contributed by atoms with van der Waals surface area (Å²) in [4.78, 5) is 32.2. The molecule has 0 fully saturated rings. The van der Waals surface area contributed by atoms with Crippen molar-refractivity contribution in [1.82, 2.24) is 19.9 Å². The maximum atomic E-state index is 12.1. The molecule has 0 spiro atoms. The van der Waals surface area contributed by atoms with Crippen LogP contribution >= 0.6 is 0 Å². The largest absolute Gasteiger partial charge is 0.382 e. The van der Waals surface area contributed by atoms with Gasteiger partial charge < -0.3 is 11.5 Å². The molecule has 0 saturated heterocycles. The highest BCUT2D eigenvalue weighted by molar-refractivity contribution is 6.09. The van der Waals surface area contributed by atoms with Crippen molar-refractivity contribution in [3.8, 4) is 11.3 Å². The second-order valence-corrected chi connectivity index (χ2v) is 4.77. The van der Waals surface area contributed by atoms with E-state index in [4.69, 9.17) is 11.5 Å². The Kier molecular flexibility index (Phi) is 4.19. The topological polar surface area (TPSA) is 133 Å². The van der Waals surface area contributed by atoms with E-state index in [0.717, 1.165) is 5.56 Å². The SMILES string of the molecule is NC(=NC(=O)c1cccnc1)c1nc(-c2cccnc2)cnc1N. The molecule has 0 aliphatic heterocycles. The molecule has 3 aromatic rings. The van der Waals surface area contributed by atoms with Crippen LogP contribution in [-0.4, -0.2) is 31.7 Å². The number of nitrogen functional groups attached to an aromatic ring is 1. The normalized spacial score (nSPS) is 11.2. The first-order chi connectivity index (χ1) is 11.6.